The molecule has 4 nitrogen and oxygen atoms in total. The molecule has 19 heavy (non-hydrogen) atoms. The molecule has 0 radical (unpaired) electrons. The summed E-state index contributed by atoms with van der Waals surface area (Å²) in [6, 6.07) is 8.02. The molecule has 1 aromatic heterocycles. The third-order valence-electron chi connectivity index (χ3n) is 2.70. The molecule has 0 aliphatic heterocycles. The van der Waals surface area contributed by atoms with E-state index in [1.165, 1.54) is 6.07 Å². The Morgan fingerprint density at radius 2 is 2.16 bits per heavy atom. The molecule has 2 rings (SSSR count). The lowest BCUT2D eigenvalue weighted by molar-refractivity contribution is 0.1000. The van der Waals surface area contributed by atoms with E-state index in [4.69, 9.17) is 5.73 Å². The minimum absolute atomic E-state index is 0.175. The van der Waals surface area contributed by atoms with E-state index in [9.17, 15) is 9.18 Å². The molecule has 0 saturated heterocycles. The van der Waals surface area contributed by atoms with Crippen LogP contribution in [-0.4, -0.2) is 10.9 Å². The number of aromatic nitrogens is 1. The average Bonchev–Trinajstić information content (AvgIpc) is 2.41. The summed E-state index contributed by atoms with van der Waals surface area (Å²) in [7, 11) is 0. The number of carbonyl (C=O) groups is 1. The third kappa shape index (κ3) is 3.59. The SMILES string of the molecule is NC(=O)c1ccc(CNCc2cccnc2)c(F)c1. The number of amides is 1. The minimum atomic E-state index is -0.631. The van der Waals surface area contributed by atoms with Gasteiger partial charge in [0.2, 0.25) is 5.91 Å². The number of benzene rings is 1. The van der Waals surface area contributed by atoms with Crippen molar-refractivity contribution in [1.29, 1.82) is 0 Å². The van der Waals surface area contributed by atoms with Crippen molar-refractivity contribution in [3.63, 3.8) is 0 Å². The number of halogens is 1. The molecule has 2 aromatic rings. The number of nitrogens with zero attached hydrogens (tertiary/aromatic N) is 1. The van der Waals surface area contributed by atoms with Crippen molar-refractivity contribution >= 4 is 5.91 Å². The highest BCUT2D eigenvalue weighted by molar-refractivity contribution is 5.92. The second-order valence-electron chi connectivity index (χ2n) is 4.14. The van der Waals surface area contributed by atoms with Gasteiger partial charge >= 0.3 is 0 Å². The number of pyridine rings is 1. The molecule has 1 amide bonds. The Balaban J connectivity index is 1.95. The molecule has 1 heterocycles. The van der Waals surface area contributed by atoms with Crippen LogP contribution in [0.1, 0.15) is 21.5 Å². The van der Waals surface area contributed by atoms with Crippen molar-refractivity contribution in [2.75, 3.05) is 0 Å². The Bertz CT molecular complexity index is 572. The maximum Gasteiger partial charge on any atom is 0.248 e. The topological polar surface area (TPSA) is 68.0 Å². The van der Waals surface area contributed by atoms with E-state index >= 15 is 0 Å². The summed E-state index contributed by atoms with van der Waals surface area (Å²) in [6.07, 6.45) is 3.45. The number of nitrogens with two attached hydrogens (primary N) is 1. The van der Waals surface area contributed by atoms with Crippen molar-refractivity contribution in [2.45, 2.75) is 13.1 Å². The van der Waals surface area contributed by atoms with Gasteiger partial charge in [-0.3, -0.25) is 9.78 Å². The fourth-order valence-corrected chi connectivity index (χ4v) is 1.69. The number of carbonyl (C=O) groups excluding carboxylic acids is 1. The van der Waals surface area contributed by atoms with E-state index in [-0.39, 0.29) is 5.56 Å². The number of hydrogen-bond acceptors (Lipinski definition) is 3. The van der Waals surface area contributed by atoms with Gasteiger partial charge < -0.3 is 11.1 Å². The van der Waals surface area contributed by atoms with Crippen LogP contribution in [0.3, 0.4) is 0 Å². The standard InChI is InChI=1S/C14H14FN3O/c15-13-6-11(14(16)19)3-4-12(13)9-18-8-10-2-1-5-17-7-10/h1-7,18H,8-9H2,(H2,16,19). The fourth-order valence-electron chi connectivity index (χ4n) is 1.69. The Morgan fingerprint density at radius 1 is 1.32 bits per heavy atom. The quantitative estimate of drug-likeness (QED) is 0.857. The maximum atomic E-state index is 13.7. The second-order valence-corrected chi connectivity index (χ2v) is 4.14. The van der Waals surface area contributed by atoms with E-state index in [0.29, 0.717) is 18.7 Å². The molecule has 0 aliphatic carbocycles. The van der Waals surface area contributed by atoms with Gasteiger partial charge in [0.15, 0.2) is 0 Å². The molecular weight excluding hydrogens is 245 g/mol. The van der Waals surface area contributed by atoms with Gasteiger partial charge in [-0.25, -0.2) is 4.39 Å². The zero-order chi connectivity index (χ0) is 13.7. The van der Waals surface area contributed by atoms with Crippen molar-refractivity contribution in [2.24, 2.45) is 5.73 Å². The maximum absolute atomic E-state index is 13.7. The zero-order valence-corrected chi connectivity index (χ0v) is 10.3. The average molecular weight is 259 g/mol. The zero-order valence-electron chi connectivity index (χ0n) is 10.3. The van der Waals surface area contributed by atoms with Gasteiger partial charge in [-0.2, -0.15) is 0 Å². The van der Waals surface area contributed by atoms with Crippen molar-refractivity contribution in [3.8, 4) is 0 Å². The Kier molecular flexibility index (Phi) is 4.20. The highest BCUT2D eigenvalue weighted by atomic mass is 19.1. The van der Waals surface area contributed by atoms with E-state index in [1.807, 2.05) is 12.1 Å². The first kappa shape index (κ1) is 13.2. The highest BCUT2D eigenvalue weighted by Crippen LogP contribution is 2.10. The van der Waals surface area contributed by atoms with Crippen LogP contribution < -0.4 is 11.1 Å². The lowest BCUT2D eigenvalue weighted by Gasteiger charge is -2.07. The van der Waals surface area contributed by atoms with Crippen LogP contribution >= 0.6 is 0 Å². The van der Waals surface area contributed by atoms with Crippen LogP contribution in [0.4, 0.5) is 4.39 Å². The number of rotatable bonds is 5. The molecule has 0 bridgehead atoms. The Labute approximate surface area is 110 Å². The lowest BCUT2D eigenvalue weighted by atomic mass is 10.1. The smallest absolute Gasteiger partial charge is 0.248 e. The van der Waals surface area contributed by atoms with E-state index < -0.39 is 11.7 Å². The van der Waals surface area contributed by atoms with Crippen LogP contribution in [0.15, 0.2) is 42.7 Å². The first-order chi connectivity index (χ1) is 9.16. The van der Waals surface area contributed by atoms with Gasteiger partial charge in [0, 0.05) is 36.6 Å². The molecule has 0 unspecified atom stereocenters. The van der Waals surface area contributed by atoms with Gasteiger partial charge in [-0.05, 0) is 23.8 Å². The summed E-state index contributed by atoms with van der Waals surface area (Å²) in [5.41, 5.74) is 6.77. The summed E-state index contributed by atoms with van der Waals surface area (Å²) < 4.78 is 13.7. The van der Waals surface area contributed by atoms with Crippen LogP contribution in [-0.2, 0) is 13.1 Å². The highest BCUT2D eigenvalue weighted by Gasteiger charge is 2.06. The molecule has 0 saturated carbocycles. The van der Waals surface area contributed by atoms with Gasteiger partial charge in [0.1, 0.15) is 5.82 Å². The molecule has 0 aliphatic rings. The molecule has 0 atom stereocenters. The predicted octanol–water partition coefficient (Wildman–Crippen LogP) is 1.61. The van der Waals surface area contributed by atoms with Gasteiger partial charge in [0.25, 0.3) is 0 Å². The summed E-state index contributed by atoms with van der Waals surface area (Å²) in [5, 5.41) is 3.11. The normalized spacial score (nSPS) is 10.4. The van der Waals surface area contributed by atoms with Crippen LogP contribution in [0, 0.1) is 5.82 Å². The predicted molar refractivity (Wildman–Crippen MR) is 69.7 cm³/mol. The summed E-state index contributed by atoms with van der Waals surface area (Å²) in [4.78, 5) is 14.9. The monoisotopic (exact) mass is 259 g/mol. The van der Waals surface area contributed by atoms with Gasteiger partial charge in [-0.15, -0.1) is 0 Å². The first-order valence-electron chi connectivity index (χ1n) is 5.84. The molecule has 0 fully saturated rings. The number of primary amides is 1. The van der Waals surface area contributed by atoms with E-state index in [2.05, 4.69) is 10.3 Å². The van der Waals surface area contributed by atoms with Crippen LogP contribution in [0.25, 0.3) is 0 Å². The number of nitrogens with one attached hydrogen (secondary N) is 1. The number of hydrogen-bond donors (Lipinski definition) is 2. The molecule has 1 aromatic carbocycles. The minimum Gasteiger partial charge on any atom is -0.366 e. The molecule has 0 spiro atoms. The van der Waals surface area contributed by atoms with Crippen LogP contribution in [0.5, 0.6) is 0 Å². The van der Waals surface area contributed by atoms with Gasteiger partial charge in [-0.1, -0.05) is 12.1 Å². The van der Waals surface area contributed by atoms with Crippen molar-refractivity contribution in [1.82, 2.24) is 10.3 Å². The van der Waals surface area contributed by atoms with Crippen LogP contribution in [0.2, 0.25) is 0 Å². The van der Waals surface area contributed by atoms with E-state index in [1.54, 1.807) is 18.5 Å². The molecule has 5 heteroatoms. The summed E-state index contributed by atoms with van der Waals surface area (Å²) in [6.45, 7) is 0.977. The Morgan fingerprint density at radius 3 is 2.79 bits per heavy atom. The second kappa shape index (κ2) is 6.06. The molecule has 3 N–H and O–H groups in total. The van der Waals surface area contributed by atoms with Crippen molar-refractivity contribution in [3.05, 3.63) is 65.2 Å². The fraction of sp³-hybridized carbons (Fsp3) is 0.143. The summed E-state index contributed by atoms with van der Waals surface area (Å²) >= 11 is 0. The summed E-state index contributed by atoms with van der Waals surface area (Å²) in [5.74, 6) is -1.07. The van der Waals surface area contributed by atoms with Crippen molar-refractivity contribution < 1.29 is 9.18 Å². The van der Waals surface area contributed by atoms with Gasteiger partial charge in [0.05, 0.1) is 0 Å². The first-order valence-corrected chi connectivity index (χ1v) is 5.84. The lowest BCUT2D eigenvalue weighted by Crippen LogP contribution is -2.15. The third-order valence-corrected chi connectivity index (χ3v) is 2.70. The largest absolute Gasteiger partial charge is 0.366 e. The molecule has 98 valence electrons. The molecular formula is C14H14FN3O. The Hall–Kier alpha value is -2.27. The van der Waals surface area contributed by atoms with E-state index in [0.717, 1.165) is 11.6 Å².